The van der Waals surface area contributed by atoms with E-state index in [2.05, 4.69) is 26.7 Å². The minimum absolute atomic E-state index is 0.698. The summed E-state index contributed by atoms with van der Waals surface area (Å²) < 4.78 is 0. The molecule has 0 bridgehead atoms. The fourth-order valence-corrected chi connectivity index (χ4v) is 2.57. The van der Waals surface area contributed by atoms with Crippen LogP contribution in [-0.4, -0.2) is 24.5 Å². The monoisotopic (exact) mass is 286 g/mol. The van der Waals surface area contributed by atoms with Crippen LogP contribution in [0.5, 0.6) is 0 Å². The molecule has 0 fully saturated rings. The van der Waals surface area contributed by atoms with Crippen LogP contribution in [0.3, 0.4) is 0 Å². The lowest BCUT2D eigenvalue weighted by Crippen LogP contribution is -2.37. The zero-order chi connectivity index (χ0) is 14.9. The number of hydrogen-bond acceptors (Lipinski definition) is 2. The predicted molar refractivity (Wildman–Crippen MR) is 88.3 cm³/mol. The first-order valence-corrected chi connectivity index (χ1v) is 7.83. The van der Waals surface area contributed by atoms with Crippen molar-refractivity contribution in [2.75, 3.05) is 13.6 Å². The lowest BCUT2D eigenvalue weighted by Gasteiger charge is -2.15. The summed E-state index contributed by atoms with van der Waals surface area (Å²) in [4.78, 5) is 8.73. The Morgan fingerprint density at radius 3 is 2.90 bits per heavy atom. The van der Waals surface area contributed by atoms with Gasteiger partial charge in [-0.3, -0.25) is 9.98 Å². The summed E-state index contributed by atoms with van der Waals surface area (Å²) in [6.45, 7) is 3.64. The van der Waals surface area contributed by atoms with Crippen molar-refractivity contribution < 1.29 is 0 Å². The van der Waals surface area contributed by atoms with E-state index in [1.54, 1.807) is 12.6 Å². The Morgan fingerprint density at radius 1 is 1.29 bits per heavy atom. The maximum atomic E-state index is 4.48. The van der Waals surface area contributed by atoms with Crippen LogP contribution in [0, 0.1) is 6.92 Å². The summed E-state index contributed by atoms with van der Waals surface area (Å²) in [5.74, 6) is 0.842. The van der Waals surface area contributed by atoms with Gasteiger partial charge in [-0.15, -0.1) is 0 Å². The van der Waals surface area contributed by atoms with Crippen molar-refractivity contribution in [1.82, 2.24) is 15.6 Å². The minimum atomic E-state index is 0.698. The highest BCUT2D eigenvalue weighted by atomic mass is 15.2. The highest BCUT2D eigenvalue weighted by molar-refractivity contribution is 5.79. The molecule has 21 heavy (non-hydrogen) atoms. The quantitative estimate of drug-likeness (QED) is 0.497. The van der Waals surface area contributed by atoms with Crippen LogP contribution in [0.4, 0.5) is 0 Å². The number of nitrogens with zero attached hydrogens (tertiary/aromatic N) is 2. The van der Waals surface area contributed by atoms with Crippen molar-refractivity contribution in [1.29, 1.82) is 0 Å². The second-order valence-corrected chi connectivity index (χ2v) is 5.48. The first-order chi connectivity index (χ1) is 10.3. The third kappa shape index (κ3) is 5.58. The van der Waals surface area contributed by atoms with Gasteiger partial charge in [0, 0.05) is 19.3 Å². The molecule has 0 atom stereocenters. The van der Waals surface area contributed by atoms with E-state index in [4.69, 9.17) is 0 Å². The van der Waals surface area contributed by atoms with Gasteiger partial charge in [-0.2, -0.15) is 0 Å². The SMILES string of the molecule is CN=C(NCCC1=CCCCC1)NCc1cccc(C)n1. The molecular weight excluding hydrogens is 260 g/mol. The highest BCUT2D eigenvalue weighted by Crippen LogP contribution is 2.19. The van der Waals surface area contributed by atoms with E-state index < -0.39 is 0 Å². The molecule has 0 amide bonds. The summed E-state index contributed by atoms with van der Waals surface area (Å²) in [5.41, 5.74) is 3.67. The Hall–Kier alpha value is -1.84. The molecule has 0 aromatic carbocycles. The average Bonchev–Trinajstić information content (AvgIpc) is 2.52. The molecule has 2 N–H and O–H groups in total. The van der Waals surface area contributed by atoms with Gasteiger partial charge >= 0.3 is 0 Å². The Balaban J connectivity index is 1.72. The average molecular weight is 286 g/mol. The van der Waals surface area contributed by atoms with Crippen molar-refractivity contribution in [3.05, 3.63) is 41.2 Å². The number of aromatic nitrogens is 1. The molecule has 1 aliphatic rings. The van der Waals surface area contributed by atoms with Crippen molar-refractivity contribution in [3.8, 4) is 0 Å². The van der Waals surface area contributed by atoms with Crippen LogP contribution in [0.1, 0.15) is 43.5 Å². The molecule has 1 aliphatic carbocycles. The third-order valence-electron chi connectivity index (χ3n) is 3.73. The van der Waals surface area contributed by atoms with Crippen molar-refractivity contribution in [3.63, 3.8) is 0 Å². The summed E-state index contributed by atoms with van der Waals surface area (Å²) >= 11 is 0. The van der Waals surface area contributed by atoms with E-state index in [1.807, 2.05) is 25.1 Å². The Kier molecular flexibility index (Phi) is 6.25. The normalized spacial score (nSPS) is 15.5. The van der Waals surface area contributed by atoms with Crippen LogP contribution >= 0.6 is 0 Å². The summed E-state index contributed by atoms with van der Waals surface area (Å²) in [5, 5.41) is 6.68. The zero-order valence-corrected chi connectivity index (χ0v) is 13.2. The number of allylic oxidation sites excluding steroid dienone is 1. The molecule has 114 valence electrons. The maximum absolute atomic E-state index is 4.48. The van der Waals surface area contributed by atoms with E-state index in [1.165, 1.54) is 25.7 Å². The number of nitrogens with one attached hydrogen (secondary N) is 2. The maximum Gasteiger partial charge on any atom is 0.191 e. The van der Waals surface area contributed by atoms with Gasteiger partial charge in [0.15, 0.2) is 5.96 Å². The number of hydrogen-bond donors (Lipinski definition) is 2. The Labute approximate surface area is 127 Å². The van der Waals surface area contributed by atoms with E-state index in [-0.39, 0.29) is 0 Å². The van der Waals surface area contributed by atoms with Crippen LogP contribution in [0.15, 0.2) is 34.8 Å². The summed E-state index contributed by atoms with van der Waals surface area (Å²) in [6, 6.07) is 6.07. The molecular formula is C17H26N4. The highest BCUT2D eigenvalue weighted by Gasteiger charge is 2.04. The number of guanidine groups is 1. The first kappa shape index (κ1) is 15.5. The number of pyridine rings is 1. The van der Waals surface area contributed by atoms with Gasteiger partial charge in [0.1, 0.15) is 0 Å². The van der Waals surface area contributed by atoms with Gasteiger partial charge < -0.3 is 10.6 Å². The molecule has 0 unspecified atom stereocenters. The third-order valence-corrected chi connectivity index (χ3v) is 3.73. The number of rotatable bonds is 5. The first-order valence-electron chi connectivity index (χ1n) is 7.83. The second-order valence-electron chi connectivity index (χ2n) is 5.48. The van der Waals surface area contributed by atoms with Crippen molar-refractivity contribution in [2.45, 2.75) is 45.6 Å². The van der Waals surface area contributed by atoms with Gasteiger partial charge in [-0.05, 0) is 51.2 Å². The summed E-state index contributed by atoms with van der Waals surface area (Å²) in [7, 11) is 1.80. The van der Waals surface area contributed by atoms with Gasteiger partial charge in [-0.1, -0.05) is 17.7 Å². The van der Waals surface area contributed by atoms with Crippen molar-refractivity contribution >= 4 is 5.96 Å². The molecule has 0 radical (unpaired) electrons. The van der Waals surface area contributed by atoms with Crippen LogP contribution < -0.4 is 10.6 Å². The Morgan fingerprint density at radius 2 is 2.19 bits per heavy atom. The van der Waals surface area contributed by atoms with Crippen LogP contribution in [0.25, 0.3) is 0 Å². The van der Waals surface area contributed by atoms with Gasteiger partial charge in [0.05, 0.1) is 12.2 Å². The molecule has 1 heterocycles. The topological polar surface area (TPSA) is 49.3 Å². The fraction of sp³-hybridized carbons (Fsp3) is 0.529. The largest absolute Gasteiger partial charge is 0.356 e. The van der Waals surface area contributed by atoms with E-state index in [0.717, 1.165) is 30.3 Å². The molecule has 0 aliphatic heterocycles. The van der Waals surface area contributed by atoms with Gasteiger partial charge in [0.2, 0.25) is 0 Å². The van der Waals surface area contributed by atoms with E-state index >= 15 is 0 Å². The van der Waals surface area contributed by atoms with Crippen LogP contribution in [-0.2, 0) is 6.54 Å². The predicted octanol–water partition coefficient (Wildman–Crippen LogP) is 2.95. The molecule has 0 saturated heterocycles. The zero-order valence-electron chi connectivity index (χ0n) is 13.2. The lowest BCUT2D eigenvalue weighted by molar-refractivity contribution is 0.665. The van der Waals surface area contributed by atoms with Gasteiger partial charge in [0.25, 0.3) is 0 Å². The molecule has 4 nitrogen and oxygen atoms in total. The minimum Gasteiger partial charge on any atom is -0.356 e. The molecule has 1 aromatic rings. The number of aliphatic imine (C=N–C) groups is 1. The molecule has 0 saturated carbocycles. The van der Waals surface area contributed by atoms with Crippen LogP contribution in [0.2, 0.25) is 0 Å². The second kappa shape index (κ2) is 8.45. The van der Waals surface area contributed by atoms with Gasteiger partial charge in [-0.25, -0.2) is 0 Å². The van der Waals surface area contributed by atoms with E-state index in [9.17, 15) is 0 Å². The summed E-state index contributed by atoms with van der Waals surface area (Å²) in [6.07, 6.45) is 8.73. The van der Waals surface area contributed by atoms with Crippen molar-refractivity contribution in [2.24, 2.45) is 4.99 Å². The Bertz CT molecular complexity index is 505. The number of aryl methyl sites for hydroxylation is 1. The van der Waals surface area contributed by atoms with E-state index in [0.29, 0.717) is 6.54 Å². The molecule has 2 rings (SSSR count). The smallest absolute Gasteiger partial charge is 0.191 e. The molecule has 4 heteroatoms. The fourth-order valence-electron chi connectivity index (χ4n) is 2.57. The molecule has 1 aromatic heterocycles. The lowest BCUT2D eigenvalue weighted by atomic mass is 9.97. The standard InChI is InChI=1S/C17H26N4/c1-14-7-6-10-16(21-14)13-20-17(18-2)19-12-11-15-8-4-3-5-9-15/h6-8,10H,3-5,9,11-13H2,1-2H3,(H2,18,19,20). The molecule has 0 spiro atoms.